The number of hydrogen-bond donors (Lipinski definition) is 0. The van der Waals surface area contributed by atoms with Gasteiger partial charge >= 0.3 is 11.9 Å². The van der Waals surface area contributed by atoms with Crippen LogP contribution in [0.1, 0.15) is 30.8 Å². The average molecular weight is 316 g/mol. The summed E-state index contributed by atoms with van der Waals surface area (Å²) >= 11 is 0. The van der Waals surface area contributed by atoms with Gasteiger partial charge in [0.05, 0.1) is 12.8 Å². The van der Waals surface area contributed by atoms with Crippen LogP contribution in [0.3, 0.4) is 0 Å². The van der Waals surface area contributed by atoms with E-state index in [9.17, 15) is 9.59 Å². The number of rotatable bonds is 3. The van der Waals surface area contributed by atoms with Gasteiger partial charge in [-0.15, -0.1) is 0 Å². The maximum atomic E-state index is 11.8. The maximum Gasteiger partial charge on any atom is 0.442 e. The Morgan fingerprint density at radius 1 is 1.22 bits per heavy atom. The molecule has 2 heterocycles. The van der Waals surface area contributed by atoms with Crippen molar-refractivity contribution in [3.05, 3.63) is 35.7 Å². The van der Waals surface area contributed by atoms with E-state index < -0.39 is 18.0 Å². The van der Waals surface area contributed by atoms with Crippen molar-refractivity contribution in [2.24, 2.45) is 0 Å². The van der Waals surface area contributed by atoms with Crippen molar-refractivity contribution in [1.29, 1.82) is 0 Å². The van der Waals surface area contributed by atoms with Crippen LogP contribution in [0.5, 0.6) is 5.75 Å². The highest BCUT2D eigenvalue weighted by molar-refractivity contribution is 6.30. The predicted octanol–water partition coefficient (Wildman–Crippen LogP) is 1.83. The Morgan fingerprint density at radius 3 is 2.52 bits per heavy atom. The normalized spacial score (nSPS) is 17.1. The first-order valence-corrected chi connectivity index (χ1v) is 7.22. The quantitative estimate of drug-likeness (QED) is 0.635. The fourth-order valence-corrected chi connectivity index (χ4v) is 2.47. The number of hydrogen-bond acceptors (Lipinski definition) is 6. The average Bonchev–Trinajstić information content (AvgIpc) is 2.90. The van der Waals surface area contributed by atoms with Crippen molar-refractivity contribution in [3.63, 3.8) is 0 Å². The van der Waals surface area contributed by atoms with Gasteiger partial charge in [0.15, 0.2) is 5.82 Å². The highest BCUT2D eigenvalue weighted by Crippen LogP contribution is 2.30. The second-order valence-electron chi connectivity index (χ2n) is 5.11. The van der Waals surface area contributed by atoms with Crippen molar-refractivity contribution in [1.82, 2.24) is 9.71 Å². The number of cyclic esters (lactones) is 1. The highest BCUT2D eigenvalue weighted by atomic mass is 16.7. The second-order valence-corrected chi connectivity index (χ2v) is 5.11. The first-order chi connectivity index (χ1) is 11.0. The largest absolute Gasteiger partial charge is 0.497 e. The van der Waals surface area contributed by atoms with E-state index in [1.54, 1.807) is 38.3 Å². The van der Waals surface area contributed by atoms with Crippen LogP contribution in [0.4, 0.5) is 0 Å². The van der Waals surface area contributed by atoms with E-state index in [1.165, 1.54) is 4.73 Å². The molecule has 1 aromatic heterocycles. The predicted molar refractivity (Wildman–Crippen MR) is 79.7 cm³/mol. The summed E-state index contributed by atoms with van der Waals surface area (Å²) in [6.07, 6.45) is -0.0625. The van der Waals surface area contributed by atoms with Gasteiger partial charge in [0.1, 0.15) is 17.5 Å². The third-order valence-electron chi connectivity index (χ3n) is 3.71. The zero-order chi connectivity index (χ0) is 16.6. The summed E-state index contributed by atoms with van der Waals surface area (Å²) in [7, 11) is 1.58. The van der Waals surface area contributed by atoms with E-state index >= 15 is 0 Å². The maximum absolute atomic E-state index is 11.8. The van der Waals surface area contributed by atoms with E-state index in [0.717, 1.165) is 5.56 Å². The first-order valence-electron chi connectivity index (χ1n) is 7.22. The topological polar surface area (TPSA) is 79.7 Å². The van der Waals surface area contributed by atoms with E-state index in [0.29, 0.717) is 29.4 Å². The standard InChI is InChI=1S/C16H16N2O5/c1-4-12-13-9(2)18(23-16(20)15(19)22-12)14(17-13)10-5-7-11(21-3)8-6-10/h5-8,12H,4H2,1-3H3. The molecule has 0 saturated carbocycles. The van der Waals surface area contributed by atoms with E-state index in [1.807, 2.05) is 6.92 Å². The van der Waals surface area contributed by atoms with Gasteiger partial charge < -0.3 is 14.3 Å². The number of ether oxygens (including phenoxy) is 2. The molecule has 120 valence electrons. The van der Waals surface area contributed by atoms with Gasteiger partial charge in [-0.3, -0.25) is 0 Å². The summed E-state index contributed by atoms with van der Waals surface area (Å²) in [6.45, 7) is 3.63. The van der Waals surface area contributed by atoms with Crippen molar-refractivity contribution < 1.29 is 23.9 Å². The van der Waals surface area contributed by atoms with Crippen LogP contribution in [0.25, 0.3) is 11.4 Å². The number of fused-ring (bicyclic) bond motifs is 2. The number of carbonyl (C=O) groups excluding carboxylic acids is 2. The minimum atomic E-state index is -1.06. The Morgan fingerprint density at radius 2 is 1.91 bits per heavy atom. The SMILES string of the molecule is CCC1OC(=O)C(=O)On2c(-c3ccc(OC)cc3)nc1c2C. The van der Waals surface area contributed by atoms with Gasteiger partial charge in [-0.1, -0.05) is 6.92 Å². The van der Waals surface area contributed by atoms with Crippen molar-refractivity contribution in [3.8, 4) is 17.1 Å². The number of carbonyl (C=O) groups is 2. The number of benzene rings is 1. The van der Waals surface area contributed by atoms with Crippen molar-refractivity contribution in [2.75, 3.05) is 7.11 Å². The molecule has 1 atom stereocenters. The van der Waals surface area contributed by atoms with Gasteiger partial charge in [0.2, 0.25) is 0 Å². The zero-order valence-corrected chi connectivity index (χ0v) is 13.0. The second kappa shape index (κ2) is 5.75. The Labute approximate surface area is 132 Å². The molecule has 2 aromatic rings. The molecule has 3 rings (SSSR count). The number of imidazole rings is 1. The Bertz CT molecular complexity index is 764. The van der Waals surface area contributed by atoms with E-state index in [4.69, 9.17) is 14.3 Å². The molecule has 1 aromatic carbocycles. The van der Waals surface area contributed by atoms with Crippen LogP contribution in [0, 0.1) is 6.92 Å². The monoisotopic (exact) mass is 316 g/mol. The summed E-state index contributed by atoms with van der Waals surface area (Å²) in [6, 6.07) is 7.17. The minimum Gasteiger partial charge on any atom is -0.497 e. The van der Waals surface area contributed by atoms with Gasteiger partial charge in [-0.25, -0.2) is 14.6 Å². The molecule has 23 heavy (non-hydrogen) atoms. The summed E-state index contributed by atoms with van der Waals surface area (Å²) in [5.74, 6) is -0.941. The highest BCUT2D eigenvalue weighted by Gasteiger charge is 2.33. The van der Waals surface area contributed by atoms with Crippen LogP contribution in [0.2, 0.25) is 0 Å². The fourth-order valence-electron chi connectivity index (χ4n) is 2.47. The molecule has 1 aliphatic rings. The van der Waals surface area contributed by atoms with Crippen molar-refractivity contribution in [2.45, 2.75) is 26.4 Å². The molecule has 0 saturated heterocycles. The van der Waals surface area contributed by atoms with Gasteiger partial charge in [0.25, 0.3) is 0 Å². The summed E-state index contributed by atoms with van der Waals surface area (Å²) in [4.78, 5) is 33.1. The number of esters is 1. The molecule has 0 N–H and O–H groups in total. The molecule has 0 radical (unpaired) electrons. The molecule has 0 fully saturated rings. The van der Waals surface area contributed by atoms with Gasteiger partial charge in [0, 0.05) is 5.56 Å². The molecule has 7 nitrogen and oxygen atoms in total. The lowest BCUT2D eigenvalue weighted by Crippen LogP contribution is -2.32. The number of methoxy groups -OCH3 is 1. The first kappa shape index (κ1) is 15.1. The van der Waals surface area contributed by atoms with Crippen molar-refractivity contribution >= 4 is 11.9 Å². The third kappa shape index (κ3) is 2.54. The minimum absolute atomic E-state index is 0.435. The molecule has 0 aliphatic carbocycles. The molecule has 0 amide bonds. The molecule has 2 bridgehead atoms. The zero-order valence-electron chi connectivity index (χ0n) is 13.0. The Balaban J connectivity index is 2.13. The molecular weight excluding hydrogens is 300 g/mol. The van der Waals surface area contributed by atoms with Crippen LogP contribution in [-0.4, -0.2) is 28.8 Å². The lowest BCUT2D eigenvalue weighted by Gasteiger charge is -2.17. The molecule has 7 heteroatoms. The molecular formula is C16H16N2O5. The molecule has 0 spiro atoms. The number of nitrogens with zero attached hydrogens (tertiary/aromatic N) is 2. The van der Waals surface area contributed by atoms with Crippen LogP contribution in [0.15, 0.2) is 24.3 Å². The van der Waals surface area contributed by atoms with Crippen LogP contribution < -0.4 is 9.57 Å². The third-order valence-corrected chi connectivity index (χ3v) is 3.71. The van der Waals surface area contributed by atoms with E-state index in [2.05, 4.69) is 4.98 Å². The summed E-state index contributed by atoms with van der Waals surface area (Å²) in [5.41, 5.74) is 1.94. The molecule has 1 aliphatic heterocycles. The number of aromatic nitrogens is 2. The van der Waals surface area contributed by atoms with Gasteiger partial charge in [-0.05, 0) is 37.6 Å². The summed E-state index contributed by atoms with van der Waals surface area (Å²) < 4.78 is 11.6. The van der Waals surface area contributed by atoms with Crippen LogP contribution >= 0.6 is 0 Å². The lowest BCUT2D eigenvalue weighted by molar-refractivity contribution is -0.172. The Hall–Kier alpha value is -2.83. The van der Waals surface area contributed by atoms with Crippen LogP contribution in [-0.2, 0) is 14.3 Å². The van der Waals surface area contributed by atoms with E-state index in [-0.39, 0.29) is 0 Å². The Kier molecular flexibility index (Phi) is 3.77. The van der Waals surface area contributed by atoms with Gasteiger partial charge in [-0.2, -0.15) is 4.73 Å². The lowest BCUT2D eigenvalue weighted by atomic mass is 10.1. The fraction of sp³-hybridized carbons (Fsp3) is 0.312. The summed E-state index contributed by atoms with van der Waals surface area (Å²) in [5, 5.41) is 0. The molecule has 1 unspecified atom stereocenters. The smallest absolute Gasteiger partial charge is 0.442 e.